The molecule has 3 aromatic rings. The Labute approximate surface area is 147 Å². The minimum Gasteiger partial charge on any atom is -0.353 e. The summed E-state index contributed by atoms with van der Waals surface area (Å²) in [6.45, 7) is 1.54. The third-order valence-electron chi connectivity index (χ3n) is 4.94. The first-order valence-electron chi connectivity index (χ1n) is 8.69. The van der Waals surface area contributed by atoms with Crippen molar-refractivity contribution in [1.82, 2.24) is 19.0 Å². The number of hydrogen-bond donors (Lipinski definition) is 0. The molecule has 1 aromatic carbocycles. The highest BCUT2D eigenvalue weighted by molar-refractivity contribution is 5.94. The fourth-order valence-corrected chi connectivity index (χ4v) is 3.70. The van der Waals surface area contributed by atoms with Gasteiger partial charge in [0, 0.05) is 50.0 Å². The Morgan fingerprint density at radius 3 is 2.92 bits per heavy atom. The van der Waals surface area contributed by atoms with E-state index in [-0.39, 0.29) is 11.9 Å². The quantitative estimate of drug-likeness (QED) is 0.735. The predicted molar refractivity (Wildman–Crippen MR) is 96.2 cm³/mol. The highest BCUT2D eigenvalue weighted by Gasteiger charge is 2.31. The smallest absolute Gasteiger partial charge is 0.254 e. The van der Waals surface area contributed by atoms with Crippen LogP contribution in [0.5, 0.6) is 0 Å². The summed E-state index contributed by atoms with van der Waals surface area (Å²) in [6.07, 6.45) is 9.61. The second-order valence-corrected chi connectivity index (χ2v) is 6.64. The summed E-state index contributed by atoms with van der Waals surface area (Å²) < 4.78 is 4.12. The molecular formula is C20H22N4O. The van der Waals surface area contributed by atoms with Gasteiger partial charge in [0.05, 0.1) is 12.4 Å². The lowest BCUT2D eigenvalue weighted by atomic mass is 10.1. The van der Waals surface area contributed by atoms with Crippen LogP contribution in [0.4, 0.5) is 0 Å². The molecule has 25 heavy (non-hydrogen) atoms. The fraction of sp³-hybridized carbons (Fsp3) is 0.300. The van der Waals surface area contributed by atoms with Crippen molar-refractivity contribution in [1.29, 1.82) is 0 Å². The molecule has 1 fully saturated rings. The second-order valence-electron chi connectivity index (χ2n) is 6.64. The first kappa shape index (κ1) is 15.7. The van der Waals surface area contributed by atoms with E-state index in [1.807, 2.05) is 53.2 Å². The molecule has 0 N–H and O–H groups in total. The zero-order valence-corrected chi connectivity index (χ0v) is 14.4. The number of amides is 1. The van der Waals surface area contributed by atoms with Crippen LogP contribution in [0.25, 0.3) is 0 Å². The van der Waals surface area contributed by atoms with E-state index in [9.17, 15) is 4.79 Å². The summed E-state index contributed by atoms with van der Waals surface area (Å²) in [6, 6.07) is 12.3. The van der Waals surface area contributed by atoms with Gasteiger partial charge in [-0.2, -0.15) is 0 Å². The molecule has 128 valence electrons. The number of carbonyl (C=O) groups is 1. The van der Waals surface area contributed by atoms with Crippen LogP contribution in [-0.2, 0) is 13.6 Å². The number of carbonyl (C=O) groups excluding carboxylic acids is 1. The van der Waals surface area contributed by atoms with Gasteiger partial charge >= 0.3 is 0 Å². The van der Waals surface area contributed by atoms with Crippen LogP contribution in [0.15, 0.2) is 61.3 Å². The molecule has 0 radical (unpaired) electrons. The van der Waals surface area contributed by atoms with Gasteiger partial charge in [0.15, 0.2) is 0 Å². The number of rotatable bonds is 4. The SMILES string of the molecule is Cn1cccc1C1CCCN1C(=O)c1cccc(Cn2ccnc2)c1. The molecular weight excluding hydrogens is 312 g/mol. The zero-order chi connectivity index (χ0) is 17.2. The van der Waals surface area contributed by atoms with Crippen molar-refractivity contribution in [3.05, 3.63) is 78.1 Å². The fourth-order valence-electron chi connectivity index (χ4n) is 3.70. The Morgan fingerprint density at radius 1 is 1.24 bits per heavy atom. The lowest BCUT2D eigenvalue weighted by Gasteiger charge is -2.25. The number of nitrogens with zero attached hydrogens (tertiary/aromatic N) is 4. The molecule has 3 heterocycles. The lowest BCUT2D eigenvalue weighted by Crippen LogP contribution is -2.31. The summed E-state index contributed by atoms with van der Waals surface area (Å²) in [5.41, 5.74) is 3.08. The maximum absolute atomic E-state index is 13.1. The van der Waals surface area contributed by atoms with Crippen molar-refractivity contribution in [3.8, 4) is 0 Å². The largest absolute Gasteiger partial charge is 0.353 e. The van der Waals surface area contributed by atoms with Crippen molar-refractivity contribution in [2.24, 2.45) is 7.05 Å². The number of benzene rings is 1. The monoisotopic (exact) mass is 334 g/mol. The third-order valence-corrected chi connectivity index (χ3v) is 4.94. The van der Waals surface area contributed by atoms with Gasteiger partial charge in [0.25, 0.3) is 5.91 Å². The van der Waals surface area contributed by atoms with Gasteiger partial charge in [-0.3, -0.25) is 4.79 Å². The van der Waals surface area contributed by atoms with Crippen LogP contribution in [0.1, 0.15) is 40.5 Å². The summed E-state index contributed by atoms with van der Waals surface area (Å²) in [7, 11) is 2.04. The van der Waals surface area contributed by atoms with Gasteiger partial charge in [-0.05, 0) is 42.7 Å². The van der Waals surface area contributed by atoms with Crippen molar-refractivity contribution < 1.29 is 4.79 Å². The van der Waals surface area contributed by atoms with E-state index in [4.69, 9.17) is 0 Å². The number of hydrogen-bond acceptors (Lipinski definition) is 2. The van der Waals surface area contributed by atoms with E-state index in [2.05, 4.69) is 21.7 Å². The van der Waals surface area contributed by atoms with Crippen LogP contribution in [0.2, 0.25) is 0 Å². The molecule has 0 saturated carbocycles. The Bertz CT molecular complexity index is 865. The Hall–Kier alpha value is -2.82. The van der Waals surface area contributed by atoms with Crippen LogP contribution in [0.3, 0.4) is 0 Å². The van der Waals surface area contributed by atoms with Crippen molar-refractivity contribution >= 4 is 5.91 Å². The molecule has 0 aliphatic carbocycles. The number of likely N-dealkylation sites (tertiary alicyclic amines) is 1. The minimum absolute atomic E-state index is 0.121. The van der Waals surface area contributed by atoms with Crippen molar-refractivity contribution in [2.75, 3.05) is 6.54 Å². The topological polar surface area (TPSA) is 43.1 Å². The standard InChI is InChI=1S/C20H22N4O/c1-22-10-3-7-18(22)19-8-4-11-24(19)20(25)17-6-2-5-16(13-17)14-23-12-9-21-15-23/h2-3,5-7,9-10,12-13,15,19H,4,8,11,14H2,1H3. The normalized spacial score (nSPS) is 17.2. The molecule has 2 aromatic heterocycles. The maximum Gasteiger partial charge on any atom is 0.254 e. The molecule has 0 bridgehead atoms. The third kappa shape index (κ3) is 3.09. The Kier molecular flexibility index (Phi) is 4.14. The van der Waals surface area contributed by atoms with E-state index in [0.717, 1.165) is 37.1 Å². The van der Waals surface area contributed by atoms with Gasteiger partial charge < -0.3 is 14.0 Å². The van der Waals surface area contributed by atoms with E-state index < -0.39 is 0 Å². The van der Waals surface area contributed by atoms with Gasteiger partial charge in [-0.15, -0.1) is 0 Å². The molecule has 5 heteroatoms. The second kappa shape index (κ2) is 6.59. The Balaban J connectivity index is 1.57. The molecule has 5 nitrogen and oxygen atoms in total. The summed E-state index contributed by atoms with van der Waals surface area (Å²) >= 11 is 0. The van der Waals surface area contributed by atoms with E-state index in [1.54, 1.807) is 12.5 Å². The van der Waals surface area contributed by atoms with E-state index >= 15 is 0 Å². The molecule has 1 amide bonds. The maximum atomic E-state index is 13.1. The molecule has 1 atom stereocenters. The van der Waals surface area contributed by atoms with Crippen LogP contribution in [0, 0.1) is 0 Å². The van der Waals surface area contributed by atoms with Crippen LogP contribution < -0.4 is 0 Å². The molecule has 4 rings (SSSR count). The molecule has 1 aliphatic rings. The molecule has 1 aliphatic heterocycles. The average Bonchev–Trinajstić information content (AvgIpc) is 3.35. The molecule has 1 unspecified atom stereocenters. The number of imidazole rings is 1. The summed E-state index contributed by atoms with van der Waals surface area (Å²) in [5.74, 6) is 0.121. The number of aryl methyl sites for hydroxylation is 1. The van der Waals surface area contributed by atoms with E-state index in [1.165, 1.54) is 5.69 Å². The average molecular weight is 334 g/mol. The van der Waals surface area contributed by atoms with Crippen molar-refractivity contribution in [3.63, 3.8) is 0 Å². The zero-order valence-electron chi connectivity index (χ0n) is 14.4. The van der Waals surface area contributed by atoms with E-state index in [0.29, 0.717) is 0 Å². The minimum atomic E-state index is 0.121. The highest BCUT2D eigenvalue weighted by atomic mass is 16.2. The summed E-state index contributed by atoms with van der Waals surface area (Å²) in [4.78, 5) is 19.2. The van der Waals surface area contributed by atoms with Gasteiger partial charge in [-0.1, -0.05) is 12.1 Å². The van der Waals surface area contributed by atoms with Crippen LogP contribution in [-0.4, -0.2) is 31.5 Å². The predicted octanol–water partition coefficient (Wildman–Crippen LogP) is 3.25. The highest BCUT2D eigenvalue weighted by Crippen LogP contribution is 2.33. The lowest BCUT2D eigenvalue weighted by molar-refractivity contribution is 0.0731. The Morgan fingerprint density at radius 2 is 2.16 bits per heavy atom. The van der Waals surface area contributed by atoms with Gasteiger partial charge in [0.2, 0.25) is 0 Å². The van der Waals surface area contributed by atoms with Crippen molar-refractivity contribution in [2.45, 2.75) is 25.4 Å². The van der Waals surface area contributed by atoms with Gasteiger partial charge in [-0.25, -0.2) is 4.98 Å². The molecule has 1 saturated heterocycles. The van der Waals surface area contributed by atoms with Crippen LogP contribution >= 0.6 is 0 Å². The molecule has 0 spiro atoms. The summed E-state index contributed by atoms with van der Waals surface area (Å²) in [5, 5.41) is 0. The number of aromatic nitrogens is 3. The van der Waals surface area contributed by atoms with Gasteiger partial charge in [0.1, 0.15) is 0 Å². The first-order chi connectivity index (χ1) is 12.2. The first-order valence-corrected chi connectivity index (χ1v) is 8.69.